The van der Waals surface area contributed by atoms with Gasteiger partial charge in [0.2, 0.25) is 0 Å². The lowest BCUT2D eigenvalue weighted by atomic mass is 10.0. The smallest absolute Gasteiger partial charge is 0.286 e. The molecule has 1 fully saturated rings. The second-order valence-electron chi connectivity index (χ2n) is 7.52. The van der Waals surface area contributed by atoms with E-state index in [2.05, 4.69) is 26.1 Å². The normalized spacial score (nSPS) is 15.5. The average Bonchev–Trinajstić information content (AvgIpc) is 2.95. The Morgan fingerprint density at radius 3 is 2.41 bits per heavy atom. The van der Waals surface area contributed by atoms with E-state index >= 15 is 0 Å². The van der Waals surface area contributed by atoms with Gasteiger partial charge in [0.25, 0.3) is 5.56 Å². The number of benzene rings is 2. The molecule has 2 heterocycles. The summed E-state index contributed by atoms with van der Waals surface area (Å²) < 4.78 is 4.31. The van der Waals surface area contributed by atoms with Gasteiger partial charge in [-0.1, -0.05) is 30.3 Å². The number of aromatic nitrogens is 2. The van der Waals surface area contributed by atoms with E-state index in [-0.39, 0.29) is 5.56 Å². The van der Waals surface area contributed by atoms with Crippen LogP contribution >= 0.6 is 15.9 Å². The molecule has 0 aliphatic carbocycles. The molecule has 6 nitrogen and oxygen atoms in total. The van der Waals surface area contributed by atoms with Gasteiger partial charge in [0.1, 0.15) is 4.47 Å². The number of nitrogens with zero attached hydrogens (tertiary/aromatic N) is 3. The number of likely N-dealkylation sites (tertiary alicyclic amines) is 1. The summed E-state index contributed by atoms with van der Waals surface area (Å²) >= 11 is 3.53. The molecule has 0 unspecified atom stereocenters. The van der Waals surface area contributed by atoms with Crippen molar-refractivity contribution in [3.63, 3.8) is 0 Å². The van der Waals surface area contributed by atoms with E-state index in [9.17, 15) is 4.79 Å². The number of hydrogen-bond acceptors (Lipinski definition) is 4. The Balaban J connectivity index is 1.44. The number of para-hydroxylation sites is 3. The molecule has 3 aromatic rings. The van der Waals surface area contributed by atoms with Crippen LogP contribution in [-0.2, 0) is 13.6 Å². The molecule has 2 aromatic carbocycles. The molecule has 0 atom stereocenters. The average molecular weight is 456 g/mol. The van der Waals surface area contributed by atoms with Crippen LogP contribution in [0.3, 0.4) is 0 Å². The summed E-state index contributed by atoms with van der Waals surface area (Å²) in [7, 11) is 1.95. The molecule has 29 heavy (non-hydrogen) atoms. The largest absolute Gasteiger partial charge is 0.397 e. The third kappa shape index (κ3) is 4.11. The van der Waals surface area contributed by atoms with Crippen molar-refractivity contribution in [2.24, 2.45) is 7.05 Å². The monoisotopic (exact) mass is 455 g/mol. The highest BCUT2D eigenvalue weighted by molar-refractivity contribution is 9.10. The Morgan fingerprint density at radius 2 is 1.72 bits per heavy atom. The Kier molecular flexibility index (Phi) is 5.78. The van der Waals surface area contributed by atoms with Gasteiger partial charge in [0.05, 0.1) is 22.8 Å². The van der Waals surface area contributed by atoms with E-state index in [1.54, 1.807) is 4.68 Å². The van der Waals surface area contributed by atoms with Crippen molar-refractivity contribution in [1.29, 1.82) is 0 Å². The summed E-state index contributed by atoms with van der Waals surface area (Å²) in [6.07, 6.45) is 2.08. The highest BCUT2D eigenvalue weighted by Crippen LogP contribution is 2.24. The zero-order chi connectivity index (χ0) is 20.4. The maximum atomic E-state index is 12.8. The maximum absolute atomic E-state index is 12.8. The van der Waals surface area contributed by atoms with Gasteiger partial charge >= 0.3 is 0 Å². The van der Waals surface area contributed by atoms with Crippen LogP contribution in [0.4, 0.5) is 11.4 Å². The highest BCUT2D eigenvalue weighted by atomic mass is 79.9. The van der Waals surface area contributed by atoms with Crippen molar-refractivity contribution in [3.8, 4) is 5.69 Å². The summed E-state index contributed by atoms with van der Waals surface area (Å²) in [6, 6.07) is 18.1. The number of anilines is 2. The molecule has 0 amide bonds. The van der Waals surface area contributed by atoms with Crippen LogP contribution < -0.4 is 16.6 Å². The molecule has 1 aromatic heterocycles. The lowest BCUT2D eigenvalue weighted by molar-refractivity contribution is 0.205. The van der Waals surface area contributed by atoms with E-state index in [1.165, 1.54) is 0 Å². The molecule has 0 spiro atoms. The number of hydrogen-bond donors (Lipinski definition) is 2. The lowest BCUT2D eigenvalue weighted by Crippen LogP contribution is -2.39. The molecule has 3 N–H and O–H groups in total. The van der Waals surface area contributed by atoms with Gasteiger partial charge in [-0.2, -0.15) is 0 Å². The molecule has 1 aliphatic rings. The minimum absolute atomic E-state index is 0.0233. The molecule has 0 saturated carbocycles. The van der Waals surface area contributed by atoms with E-state index in [1.807, 2.05) is 66.3 Å². The summed E-state index contributed by atoms with van der Waals surface area (Å²) in [4.78, 5) is 15.2. The molecule has 1 aliphatic heterocycles. The van der Waals surface area contributed by atoms with Crippen LogP contribution in [0, 0.1) is 0 Å². The second kappa shape index (κ2) is 8.47. The Labute approximate surface area is 179 Å². The first-order chi connectivity index (χ1) is 14.0. The Bertz CT molecular complexity index is 1040. The van der Waals surface area contributed by atoms with Crippen molar-refractivity contribution in [1.82, 2.24) is 14.3 Å². The van der Waals surface area contributed by atoms with E-state index in [0.29, 0.717) is 10.5 Å². The minimum Gasteiger partial charge on any atom is -0.397 e. The van der Waals surface area contributed by atoms with Crippen LogP contribution in [0.25, 0.3) is 5.69 Å². The predicted octanol–water partition coefficient (Wildman–Crippen LogP) is 3.60. The first kappa shape index (κ1) is 19.8. The number of nitrogens with one attached hydrogen (secondary N) is 1. The fourth-order valence-corrected chi connectivity index (χ4v) is 4.49. The maximum Gasteiger partial charge on any atom is 0.286 e. The quantitative estimate of drug-likeness (QED) is 0.576. The zero-order valence-corrected chi connectivity index (χ0v) is 18.1. The number of nitrogens with two attached hydrogens (primary N) is 1. The van der Waals surface area contributed by atoms with Gasteiger partial charge < -0.3 is 11.1 Å². The summed E-state index contributed by atoms with van der Waals surface area (Å²) in [5.74, 6) is 0. The molecule has 4 rings (SSSR count). The fraction of sp³-hybridized carbons (Fsp3) is 0.318. The standard InChI is InChI=1S/C22H26BrN5O/c1-26-20(21(23)22(29)28(26)17-7-3-2-4-8-17)15-27-13-11-16(12-14-27)25-19-10-6-5-9-18(19)24/h2-10,16,25H,11-15,24H2,1H3. The van der Waals surface area contributed by atoms with Crippen molar-refractivity contribution >= 4 is 27.3 Å². The summed E-state index contributed by atoms with van der Waals surface area (Å²) in [5.41, 5.74) is 9.70. The number of nitrogen functional groups attached to an aromatic ring is 1. The fourth-order valence-electron chi connectivity index (χ4n) is 3.94. The first-order valence-electron chi connectivity index (χ1n) is 9.90. The molecule has 152 valence electrons. The van der Waals surface area contributed by atoms with Gasteiger partial charge in [0, 0.05) is 32.7 Å². The Hall–Kier alpha value is -2.51. The van der Waals surface area contributed by atoms with Gasteiger partial charge in [-0.15, -0.1) is 0 Å². The van der Waals surface area contributed by atoms with Crippen LogP contribution in [0.2, 0.25) is 0 Å². The number of halogens is 1. The van der Waals surface area contributed by atoms with Crippen LogP contribution in [0.15, 0.2) is 63.9 Å². The minimum atomic E-state index is -0.0233. The molecule has 1 saturated heterocycles. The van der Waals surface area contributed by atoms with E-state index in [0.717, 1.165) is 55.2 Å². The van der Waals surface area contributed by atoms with Gasteiger partial charge in [-0.05, 0) is 53.0 Å². The van der Waals surface area contributed by atoms with Gasteiger partial charge in [-0.25, -0.2) is 4.68 Å². The van der Waals surface area contributed by atoms with Crippen LogP contribution in [0.5, 0.6) is 0 Å². The summed E-state index contributed by atoms with van der Waals surface area (Å²) in [5, 5.41) is 3.57. The van der Waals surface area contributed by atoms with Crippen molar-refractivity contribution in [2.75, 3.05) is 24.1 Å². The third-order valence-corrected chi connectivity index (χ3v) is 6.40. The van der Waals surface area contributed by atoms with E-state index in [4.69, 9.17) is 5.73 Å². The zero-order valence-electron chi connectivity index (χ0n) is 16.5. The molecule has 7 heteroatoms. The highest BCUT2D eigenvalue weighted by Gasteiger charge is 2.23. The lowest BCUT2D eigenvalue weighted by Gasteiger charge is -2.33. The molecular formula is C22H26BrN5O. The number of rotatable bonds is 5. The summed E-state index contributed by atoms with van der Waals surface area (Å²) in [6.45, 7) is 2.69. The predicted molar refractivity (Wildman–Crippen MR) is 121 cm³/mol. The third-order valence-electron chi connectivity index (χ3n) is 5.61. The van der Waals surface area contributed by atoms with Crippen LogP contribution in [-0.4, -0.2) is 33.4 Å². The van der Waals surface area contributed by atoms with Crippen LogP contribution in [0.1, 0.15) is 18.5 Å². The second-order valence-corrected chi connectivity index (χ2v) is 8.31. The topological polar surface area (TPSA) is 68.2 Å². The Morgan fingerprint density at radius 1 is 1.07 bits per heavy atom. The van der Waals surface area contributed by atoms with Crippen molar-refractivity contribution < 1.29 is 0 Å². The SMILES string of the molecule is Cn1c(CN2CCC(Nc3ccccc3N)CC2)c(Br)c(=O)n1-c1ccccc1. The molecular weight excluding hydrogens is 430 g/mol. The van der Waals surface area contributed by atoms with Gasteiger partial charge in [0.15, 0.2) is 0 Å². The molecule has 0 radical (unpaired) electrons. The van der Waals surface area contributed by atoms with Gasteiger partial charge in [-0.3, -0.25) is 14.4 Å². The first-order valence-corrected chi connectivity index (χ1v) is 10.7. The van der Waals surface area contributed by atoms with E-state index < -0.39 is 0 Å². The van der Waals surface area contributed by atoms with Crippen molar-refractivity contribution in [3.05, 3.63) is 75.1 Å². The molecule has 0 bridgehead atoms. The number of piperidine rings is 1. The van der Waals surface area contributed by atoms with Crippen molar-refractivity contribution in [2.45, 2.75) is 25.4 Å².